The van der Waals surface area contributed by atoms with E-state index in [0.717, 1.165) is 31.9 Å². The fraction of sp³-hybridized carbons (Fsp3) is 0.938. The van der Waals surface area contributed by atoms with Gasteiger partial charge in [0.25, 0.3) is 0 Å². The molecule has 21 heavy (non-hydrogen) atoms. The summed E-state index contributed by atoms with van der Waals surface area (Å²) in [5, 5.41) is 16.1. The first-order valence-corrected chi connectivity index (χ1v) is 8.31. The van der Waals surface area contributed by atoms with Gasteiger partial charge >= 0.3 is 0 Å². The lowest BCUT2D eigenvalue weighted by Crippen LogP contribution is -2.42. The van der Waals surface area contributed by atoms with Gasteiger partial charge in [-0.1, -0.05) is 32.6 Å². The zero-order valence-corrected chi connectivity index (χ0v) is 16.3. The first-order chi connectivity index (χ1) is 9.65. The molecule has 1 aliphatic carbocycles. The molecule has 1 aliphatic rings. The fourth-order valence-electron chi connectivity index (χ4n) is 2.29. The Bertz CT molecular complexity index is 293. The average molecular weight is 411 g/mol. The maximum absolute atomic E-state index is 9.34. The van der Waals surface area contributed by atoms with Gasteiger partial charge in [-0.2, -0.15) is 0 Å². The molecule has 0 aliphatic heterocycles. The van der Waals surface area contributed by atoms with E-state index in [-0.39, 0.29) is 36.0 Å². The van der Waals surface area contributed by atoms with Crippen LogP contribution in [-0.4, -0.2) is 36.8 Å². The lowest BCUT2D eigenvalue weighted by atomic mass is 10.1. The molecule has 1 fully saturated rings. The molecule has 1 saturated carbocycles. The molecule has 0 heterocycles. The minimum absolute atomic E-state index is 0. The van der Waals surface area contributed by atoms with Crippen LogP contribution in [0.15, 0.2) is 4.99 Å². The molecule has 0 spiro atoms. The highest BCUT2D eigenvalue weighted by Gasteiger charge is 2.41. The van der Waals surface area contributed by atoms with Gasteiger partial charge in [0.15, 0.2) is 5.96 Å². The summed E-state index contributed by atoms with van der Waals surface area (Å²) in [7, 11) is 0. The molecule has 0 bridgehead atoms. The maximum Gasteiger partial charge on any atom is 0.191 e. The van der Waals surface area contributed by atoms with Crippen LogP contribution in [0.4, 0.5) is 0 Å². The predicted octanol–water partition coefficient (Wildman–Crippen LogP) is 3.29. The Morgan fingerprint density at radius 1 is 1.24 bits per heavy atom. The Labute approximate surface area is 147 Å². The molecule has 0 saturated heterocycles. The third kappa shape index (κ3) is 8.86. The van der Waals surface area contributed by atoms with Gasteiger partial charge in [0.05, 0.1) is 13.2 Å². The number of nitrogens with one attached hydrogen (secondary N) is 2. The van der Waals surface area contributed by atoms with E-state index in [9.17, 15) is 5.11 Å². The molecule has 3 N–H and O–H groups in total. The van der Waals surface area contributed by atoms with E-state index in [1.807, 2.05) is 0 Å². The zero-order chi connectivity index (χ0) is 14.8. The van der Waals surface area contributed by atoms with Crippen LogP contribution >= 0.6 is 24.0 Å². The summed E-state index contributed by atoms with van der Waals surface area (Å²) in [6.07, 6.45) is 8.63. The van der Waals surface area contributed by atoms with Gasteiger partial charge in [-0.05, 0) is 33.1 Å². The van der Waals surface area contributed by atoms with Crippen LogP contribution in [0.3, 0.4) is 0 Å². The molecule has 5 heteroatoms. The molecule has 0 aromatic heterocycles. The second-order valence-corrected chi connectivity index (χ2v) is 6.25. The SMILES string of the molecule is CCCCCCC(C)NC(=NCC1(CO)CC1)NCC.I. The van der Waals surface area contributed by atoms with Crippen molar-refractivity contribution in [2.75, 3.05) is 19.7 Å². The van der Waals surface area contributed by atoms with Crippen LogP contribution in [0.5, 0.6) is 0 Å². The van der Waals surface area contributed by atoms with Crippen molar-refractivity contribution in [3.63, 3.8) is 0 Å². The smallest absolute Gasteiger partial charge is 0.191 e. The van der Waals surface area contributed by atoms with Crippen molar-refractivity contribution >= 4 is 29.9 Å². The summed E-state index contributed by atoms with van der Waals surface area (Å²) in [6.45, 7) is 8.43. The molecule has 1 unspecified atom stereocenters. The zero-order valence-electron chi connectivity index (χ0n) is 14.0. The van der Waals surface area contributed by atoms with Crippen molar-refractivity contribution in [3.8, 4) is 0 Å². The number of hydrogen-bond acceptors (Lipinski definition) is 2. The second-order valence-electron chi connectivity index (χ2n) is 6.25. The van der Waals surface area contributed by atoms with Gasteiger partial charge in [-0.15, -0.1) is 24.0 Å². The molecule has 4 nitrogen and oxygen atoms in total. The van der Waals surface area contributed by atoms with Crippen LogP contribution in [-0.2, 0) is 0 Å². The first kappa shape index (κ1) is 21.0. The molecule has 0 aromatic rings. The predicted molar refractivity (Wildman–Crippen MR) is 102 cm³/mol. The minimum atomic E-state index is 0. The molecule has 126 valence electrons. The Balaban J connectivity index is 0.00000400. The number of rotatable bonds is 10. The van der Waals surface area contributed by atoms with Gasteiger partial charge < -0.3 is 15.7 Å². The van der Waals surface area contributed by atoms with Gasteiger partial charge in [0.1, 0.15) is 0 Å². The van der Waals surface area contributed by atoms with Crippen LogP contribution < -0.4 is 10.6 Å². The maximum atomic E-state index is 9.34. The first-order valence-electron chi connectivity index (χ1n) is 8.31. The highest BCUT2D eigenvalue weighted by atomic mass is 127. The number of aliphatic hydroxyl groups excluding tert-OH is 1. The molecule has 0 aromatic carbocycles. The van der Waals surface area contributed by atoms with E-state index in [0.29, 0.717) is 6.04 Å². The van der Waals surface area contributed by atoms with Gasteiger partial charge in [0, 0.05) is 18.0 Å². The normalized spacial score (nSPS) is 17.8. The van der Waals surface area contributed by atoms with Crippen LogP contribution in [0.25, 0.3) is 0 Å². The summed E-state index contributed by atoms with van der Waals surface area (Å²) in [5.41, 5.74) is 0.0900. The van der Waals surface area contributed by atoms with Gasteiger partial charge in [0.2, 0.25) is 0 Å². The van der Waals surface area contributed by atoms with Crippen molar-refractivity contribution in [1.29, 1.82) is 0 Å². The topological polar surface area (TPSA) is 56.7 Å². The lowest BCUT2D eigenvalue weighted by Gasteiger charge is -2.18. The van der Waals surface area contributed by atoms with Crippen LogP contribution in [0.1, 0.15) is 65.7 Å². The van der Waals surface area contributed by atoms with Crippen LogP contribution in [0, 0.1) is 5.41 Å². The Hall–Kier alpha value is -0.0400. The quantitative estimate of drug-likeness (QED) is 0.224. The molecular formula is C16H34IN3O. The summed E-state index contributed by atoms with van der Waals surface area (Å²) in [5.74, 6) is 0.898. The number of hydrogen-bond donors (Lipinski definition) is 3. The molecule has 0 radical (unpaired) electrons. The van der Waals surface area contributed by atoms with Gasteiger partial charge in [-0.25, -0.2) is 0 Å². The highest BCUT2D eigenvalue weighted by molar-refractivity contribution is 14.0. The number of nitrogens with zero attached hydrogens (tertiary/aromatic N) is 1. The van der Waals surface area contributed by atoms with Gasteiger partial charge in [-0.3, -0.25) is 4.99 Å². The fourth-order valence-corrected chi connectivity index (χ4v) is 2.29. The average Bonchev–Trinajstić information content (AvgIpc) is 3.22. The number of aliphatic imine (C=N–C) groups is 1. The number of guanidine groups is 1. The highest BCUT2D eigenvalue weighted by Crippen LogP contribution is 2.45. The van der Waals surface area contributed by atoms with E-state index in [1.54, 1.807) is 0 Å². The third-order valence-electron chi connectivity index (χ3n) is 4.08. The lowest BCUT2D eigenvalue weighted by molar-refractivity contribution is 0.216. The number of halogens is 1. The van der Waals surface area contributed by atoms with Crippen molar-refractivity contribution in [2.24, 2.45) is 10.4 Å². The van der Waals surface area contributed by atoms with Crippen molar-refractivity contribution in [3.05, 3.63) is 0 Å². The molecular weight excluding hydrogens is 377 g/mol. The Morgan fingerprint density at radius 3 is 2.48 bits per heavy atom. The van der Waals surface area contributed by atoms with Crippen LogP contribution in [0.2, 0.25) is 0 Å². The minimum Gasteiger partial charge on any atom is -0.396 e. The third-order valence-corrected chi connectivity index (χ3v) is 4.08. The number of unbranched alkanes of at least 4 members (excludes halogenated alkanes) is 3. The second kappa shape index (κ2) is 11.5. The van der Waals surface area contributed by atoms with E-state index in [1.165, 1.54) is 32.1 Å². The van der Waals surface area contributed by atoms with Crippen molar-refractivity contribution < 1.29 is 5.11 Å². The Morgan fingerprint density at radius 2 is 1.95 bits per heavy atom. The molecule has 1 rings (SSSR count). The summed E-state index contributed by atoms with van der Waals surface area (Å²) >= 11 is 0. The standard InChI is InChI=1S/C16H33N3O.HI/c1-4-6-7-8-9-14(3)19-15(17-5-2)18-12-16(13-20)10-11-16;/h14,20H,4-13H2,1-3H3,(H2,17,18,19);1H. The summed E-state index contributed by atoms with van der Waals surface area (Å²) < 4.78 is 0. The molecule has 0 amide bonds. The number of aliphatic hydroxyl groups is 1. The molecule has 1 atom stereocenters. The largest absolute Gasteiger partial charge is 0.396 e. The van der Waals surface area contributed by atoms with E-state index in [2.05, 4.69) is 36.4 Å². The Kier molecular flexibility index (Phi) is 11.5. The van der Waals surface area contributed by atoms with Crippen molar-refractivity contribution in [2.45, 2.75) is 71.8 Å². The van der Waals surface area contributed by atoms with E-state index >= 15 is 0 Å². The monoisotopic (exact) mass is 411 g/mol. The summed E-state index contributed by atoms with van der Waals surface area (Å²) in [4.78, 5) is 4.64. The van der Waals surface area contributed by atoms with E-state index in [4.69, 9.17) is 0 Å². The van der Waals surface area contributed by atoms with Crippen molar-refractivity contribution in [1.82, 2.24) is 10.6 Å². The van der Waals surface area contributed by atoms with E-state index < -0.39 is 0 Å². The summed E-state index contributed by atoms with van der Waals surface area (Å²) in [6, 6.07) is 0.453.